The number of ether oxygens (including phenoxy) is 1. The van der Waals surface area contributed by atoms with Crippen molar-refractivity contribution in [2.75, 3.05) is 65.6 Å². The molecule has 1 aromatic carbocycles. The van der Waals surface area contributed by atoms with Gasteiger partial charge in [-0.3, -0.25) is 15.1 Å². The highest BCUT2D eigenvalue weighted by atomic mass is 35.5. The highest BCUT2D eigenvalue weighted by Crippen LogP contribution is 2.36. The zero-order chi connectivity index (χ0) is 19.2. The molecule has 0 unspecified atom stereocenters. The lowest BCUT2D eigenvalue weighted by atomic mass is 9.72. The van der Waals surface area contributed by atoms with Gasteiger partial charge in [-0.15, -0.1) is 24.8 Å². The van der Waals surface area contributed by atoms with Gasteiger partial charge < -0.3 is 20.6 Å². The smallest absolute Gasteiger partial charge is 0.245 e. The Morgan fingerprint density at radius 1 is 0.844 bits per heavy atom. The van der Waals surface area contributed by atoms with Crippen LogP contribution in [0.3, 0.4) is 0 Å². The minimum absolute atomic E-state index is 0. The molecule has 4 rings (SSSR count). The lowest BCUT2D eigenvalue weighted by molar-refractivity contribution is -0.133. The maximum Gasteiger partial charge on any atom is 0.245 e. The van der Waals surface area contributed by atoms with Gasteiger partial charge in [0, 0.05) is 39.3 Å². The topological polar surface area (TPSA) is 111 Å². The third-order valence-corrected chi connectivity index (χ3v) is 6.67. The predicted molar refractivity (Wildman–Crippen MR) is 132 cm³/mol. The third-order valence-electron chi connectivity index (χ3n) is 6.67. The Hall–Kier alpha value is -0.970. The fraction of sp³-hybridized carbons (Fsp3) is 0.682. The first kappa shape index (κ1) is 31.0. The van der Waals surface area contributed by atoms with Crippen LogP contribution in [0.15, 0.2) is 30.3 Å². The fourth-order valence-electron chi connectivity index (χ4n) is 4.75. The van der Waals surface area contributed by atoms with Crippen molar-refractivity contribution < 1.29 is 20.5 Å². The minimum Gasteiger partial charge on any atom is -0.412 e. The number of likely N-dealkylation sites (tertiary alicyclic amines) is 1. The van der Waals surface area contributed by atoms with E-state index in [9.17, 15) is 4.79 Å². The molecule has 0 atom stereocenters. The molecule has 0 saturated carbocycles. The molecule has 186 valence electrons. The molecule has 3 aliphatic heterocycles. The molecule has 32 heavy (non-hydrogen) atoms. The Morgan fingerprint density at radius 2 is 1.38 bits per heavy atom. The molecule has 1 aromatic rings. The summed E-state index contributed by atoms with van der Waals surface area (Å²) in [6, 6.07) is 10.4. The highest BCUT2D eigenvalue weighted by Gasteiger charge is 2.43. The van der Waals surface area contributed by atoms with E-state index < -0.39 is 5.41 Å². The summed E-state index contributed by atoms with van der Waals surface area (Å²) < 4.78 is 5.44. The molecule has 0 spiro atoms. The molecule has 0 aromatic heterocycles. The van der Waals surface area contributed by atoms with Crippen molar-refractivity contribution >= 4 is 30.7 Å². The van der Waals surface area contributed by atoms with Gasteiger partial charge in [-0.25, -0.2) is 5.01 Å². The van der Waals surface area contributed by atoms with Gasteiger partial charge in [0.2, 0.25) is 5.91 Å². The highest BCUT2D eigenvalue weighted by molar-refractivity contribution is 5.88. The Labute approximate surface area is 204 Å². The molecule has 0 radical (unpaired) electrons. The second kappa shape index (κ2) is 15.0. The number of nitrogens with zero attached hydrogens (tertiary/aromatic N) is 3. The van der Waals surface area contributed by atoms with Crippen LogP contribution in [0.2, 0.25) is 0 Å². The number of carbonyl (C=O) groups is 1. The van der Waals surface area contributed by atoms with Crippen molar-refractivity contribution in [3.8, 4) is 0 Å². The molecular weight excluding hydrogens is 455 g/mol. The van der Waals surface area contributed by atoms with E-state index in [4.69, 9.17) is 4.74 Å². The minimum atomic E-state index is -0.403. The van der Waals surface area contributed by atoms with E-state index in [-0.39, 0.29) is 41.7 Å². The molecule has 5 N–H and O–H groups in total. The molecule has 0 bridgehead atoms. The van der Waals surface area contributed by atoms with E-state index in [1.165, 1.54) is 18.4 Å². The molecule has 3 fully saturated rings. The summed E-state index contributed by atoms with van der Waals surface area (Å²) in [6.07, 6.45) is 4.13. The monoisotopic (exact) mass is 494 g/mol. The van der Waals surface area contributed by atoms with Crippen molar-refractivity contribution in [3.05, 3.63) is 35.9 Å². The van der Waals surface area contributed by atoms with Gasteiger partial charge in [-0.05, 0) is 44.3 Å². The number of rotatable bonds is 6. The van der Waals surface area contributed by atoms with Gasteiger partial charge in [-0.2, -0.15) is 0 Å². The number of piperidine rings is 1. The number of hydrogen-bond acceptors (Lipinski definition) is 5. The molecule has 3 heterocycles. The lowest BCUT2D eigenvalue weighted by Gasteiger charge is -2.42. The van der Waals surface area contributed by atoms with E-state index in [0.717, 1.165) is 78.4 Å². The average Bonchev–Trinajstić information content (AvgIpc) is 3.27. The SMILES string of the molecule is Cl.Cl.O.O.O=C(NN1CCCC1)C1(c2ccccc2)CCN(CCN2CCOCC2)CC1. The number of nitrogens with one attached hydrogen (secondary N) is 1. The van der Waals surface area contributed by atoms with E-state index >= 15 is 0 Å². The largest absolute Gasteiger partial charge is 0.412 e. The van der Waals surface area contributed by atoms with Crippen LogP contribution < -0.4 is 5.43 Å². The summed E-state index contributed by atoms with van der Waals surface area (Å²) in [5, 5.41) is 2.11. The summed E-state index contributed by atoms with van der Waals surface area (Å²) >= 11 is 0. The number of hydrogen-bond donors (Lipinski definition) is 1. The first-order valence-electron chi connectivity index (χ1n) is 10.9. The van der Waals surface area contributed by atoms with Crippen molar-refractivity contribution in [2.24, 2.45) is 0 Å². The van der Waals surface area contributed by atoms with Crippen molar-refractivity contribution in [3.63, 3.8) is 0 Å². The summed E-state index contributed by atoms with van der Waals surface area (Å²) in [7, 11) is 0. The molecule has 3 saturated heterocycles. The van der Waals surface area contributed by atoms with Crippen molar-refractivity contribution in [1.82, 2.24) is 20.2 Å². The van der Waals surface area contributed by atoms with Crippen LogP contribution in [0.5, 0.6) is 0 Å². The van der Waals surface area contributed by atoms with Gasteiger partial charge in [0.1, 0.15) is 0 Å². The van der Waals surface area contributed by atoms with E-state index in [1.807, 2.05) is 6.07 Å². The number of amides is 1. The van der Waals surface area contributed by atoms with Crippen LogP contribution in [0.25, 0.3) is 0 Å². The van der Waals surface area contributed by atoms with Gasteiger partial charge in [0.15, 0.2) is 0 Å². The lowest BCUT2D eigenvalue weighted by Crippen LogP contribution is -2.55. The zero-order valence-corrected chi connectivity index (χ0v) is 20.4. The van der Waals surface area contributed by atoms with Gasteiger partial charge in [0.05, 0.1) is 18.6 Å². The molecule has 3 aliphatic rings. The average molecular weight is 495 g/mol. The van der Waals surface area contributed by atoms with Crippen molar-refractivity contribution in [2.45, 2.75) is 31.1 Å². The van der Waals surface area contributed by atoms with Gasteiger partial charge in [0.25, 0.3) is 0 Å². The predicted octanol–water partition coefficient (Wildman–Crippen LogP) is 0.674. The number of morpholine rings is 1. The number of halogens is 2. The quantitative estimate of drug-likeness (QED) is 0.624. The number of carbonyl (C=O) groups excluding carboxylic acids is 1. The molecule has 8 nitrogen and oxygen atoms in total. The summed E-state index contributed by atoms with van der Waals surface area (Å²) in [4.78, 5) is 18.4. The molecular formula is C22H40Cl2N4O4. The molecule has 1 amide bonds. The Balaban J connectivity index is 0.00000240. The maximum absolute atomic E-state index is 13.4. The van der Waals surface area contributed by atoms with Gasteiger partial charge in [-0.1, -0.05) is 30.3 Å². The summed E-state index contributed by atoms with van der Waals surface area (Å²) in [5.74, 6) is 0.188. The number of hydrazine groups is 1. The first-order chi connectivity index (χ1) is 13.8. The Bertz CT molecular complexity index is 636. The van der Waals surface area contributed by atoms with Crippen LogP contribution in [0.4, 0.5) is 0 Å². The van der Waals surface area contributed by atoms with E-state index in [0.29, 0.717) is 0 Å². The second-order valence-electron chi connectivity index (χ2n) is 8.38. The van der Waals surface area contributed by atoms with E-state index in [2.05, 4.69) is 44.5 Å². The zero-order valence-electron chi connectivity index (χ0n) is 18.8. The van der Waals surface area contributed by atoms with Crippen LogP contribution in [0, 0.1) is 0 Å². The molecule has 0 aliphatic carbocycles. The van der Waals surface area contributed by atoms with Crippen molar-refractivity contribution in [1.29, 1.82) is 0 Å². The van der Waals surface area contributed by atoms with Crippen LogP contribution in [-0.2, 0) is 14.9 Å². The normalized spacial score (nSPS) is 21.2. The first-order valence-corrected chi connectivity index (χ1v) is 10.9. The summed E-state index contributed by atoms with van der Waals surface area (Å²) in [5.41, 5.74) is 4.00. The fourth-order valence-corrected chi connectivity index (χ4v) is 4.75. The Kier molecular flexibility index (Phi) is 14.6. The van der Waals surface area contributed by atoms with Crippen LogP contribution >= 0.6 is 24.8 Å². The maximum atomic E-state index is 13.4. The second-order valence-corrected chi connectivity index (χ2v) is 8.38. The van der Waals surface area contributed by atoms with Crippen LogP contribution in [0.1, 0.15) is 31.2 Å². The van der Waals surface area contributed by atoms with Crippen LogP contribution in [-0.4, -0.2) is 97.2 Å². The molecule has 10 heteroatoms. The Morgan fingerprint density at radius 3 is 1.94 bits per heavy atom. The summed E-state index contributed by atoms with van der Waals surface area (Å²) in [6.45, 7) is 9.88. The van der Waals surface area contributed by atoms with E-state index in [1.54, 1.807) is 0 Å². The number of benzene rings is 1. The third kappa shape index (κ3) is 7.53. The van der Waals surface area contributed by atoms with Gasteiger partial charge >= 0.3 is 0 Å². The standard InChI is InChI=1S/C22H34N4O2.2ClH.2H2O/c27-21(23-26-10-4-5-11-26)22(20-6-2-1-3-7-20)8-12-24(13-9-22)14-15-25-16-18-28-19-17-25;;;;/h1-3,6-7H,4-5,8-19H2,(H,23,27);2*1H;2*1H2.